The van der Waals surface area contributed by atoms with E-state index in [1.165, 1.54) is 0 Å². The predicted molar refractivity (Wildman–Crippen MR) is 218 cm³/mol. The number of hydrogen-bond donors (Lipinski definition) is 1. The van der Waals surface area contributed by atoms with Gasteiger partial charge in [0.15, 0.2) is 0 Å². The number of halogens is 12. The van der Waals surface area contributed by atoms with Crippen molar-refractivity contribution in [1.82, 2.24) is 24.7 Å². The van der Waals surface area contributed by atoms with Crippen LogP contribution in [0.5, 0.6) is 0 Å². The number of carbonyl (C=O) groups is 4. The van der Waals surface area contributed by atoms with Crippen molar-refractivity contribution in [2.75, 3.05) is 32.7 Å². The van der Waals surface area contributed by atoms with Crippen molar-refractivity contribution in [3.05, 3.63) is 59.2 Å². The van der Waals surface area contributed by atoms with Crippen molar-refractivity contribution >= 4 is 24.1 Å². The molecule has 3 aliphatic heterocycles. The predicted octanol–water partition coefficient (Wildman–Crippen LogP) is 10.3. The molecule has 0 aromatic carbocycles. The number of carbonyl (C=O) groups excluding carboxylic acids is 3. The van der Waals surface area contributed by atoms with Crippen LogP contribution < -0.4 is 0 Å². The molecule has 0 unspecified atom stereocenters. The topological polar surface area (TPSA) is 142 Å². The minimum atomic E-state index is -5.76. The third-order valence-corrected chi connectivity index (χ3v) is 14.4. The van der Waals surface area contributed by atoms with E-state index in [0.29, 0.717) is 38.6 Å². The van der Waals surface area contributed by atoms with Gasteiger partial charge in [0, 0.05) is 50.7 Å². The second kappa shape index (κ2) is 19.6. The van der Waals surface area contributed by atoms with Gasteiger partial charge in [-0.15, -0.1) is 0 Å². The Labute approximate surface area is 389 Å². The van der Waals surface area contributed by atoms with E-state index in [0.717, 1.165) is 77.3 Å². The average Bonchev–Trinajstić information content (AvgIpc) is 4.17. The number of likely N-dealkylation sites (tertiary alicyclic amines) is 3. The summed E-state index contributed by atoms with van der Waals surface area (Å²) in [5.41, 5.74) is 1.54. The first kappa shape index (κ1) is 53.3. The largest absolute Gasteiger partial charge is 0.481 e. The number of aryl methyl sites for hydroxylation is 2. The number of alkyl halides is 12. The number of carboxylic acid groups (broad SMARTS) is 1. The normalized spacial score (nSPS) is 21.3. The zero-order valence-electron chi connectivity index (χ0n) is 37.7. The van der Waals surface area contributed by atoms with E-state index in [2.05, 4.69) is 19.4 Å². The highest BCUT2D eigenvalue weighted by Crippen LogP contribution is 2.53. The van der Waals surface area contributed by atoms with Crippen LogP contribution in [-0.4, -0.2) is 129 Å². The van der Waals surface area contributed by atoms with Gasteiger partial charge in [0.05, 0.1) is 16.8 Å². The Bertz CT molecular complexity index is 2140. The fraction of sp³-hybridized carbons (Fsp3) is 0.689. The van der Waals surface area contributed by atoms with E-state index in [1.54, 1.807) is 18.5 Å². The molecule has 6 fully saturated rings. The molecule has 0 bridgehead atoms. The number of ether oxygens (including phenoxy) is 2. The second-order valence-corrected chi connectivity index (χ2v) is 19.0. The van der Waals surface area contributed by atoms with E-state index >= 15 is 0 Å². The van der Waals surface area contributed by atoms with Crippen LogP contribution in [0.1, 0.15) is 112 Å². The maximum atomic E-state index is 13.7. The van der Waals surface area contributed by atoms with E-state index in [4.69, 9.17) is 5.11 Å². The summed E-state index contributed by atoms with van der Waals surface area (Å²) in [6.07, 6.45) is -21.0. The molecule has 3 saturated carbocycles. The molecule has 5 heterocycles. The Morgan fingerprint density at radius 2 is 0.942 bits per heavy atom. The summed E-state index contributed by atoms with van der Waals surface area (Å²) >= 11 is 0. The molecule has 0 atom stereocenters. The lowest BCUT2D eigenvalue weighted by Gasteiger charge is -2.46. The maximum absolute atomic E-state index is 13.7. The molecular weight excluding hydrogens is 950 g/mol. The molecule has 3 amide bonds. The summed E-state index contributed by atoms with van der Waals surface area (Å²) in [4.78, 5) is 60.6. The molecule has 24 heteroatoms. The molecule has 2 aromatic heterocycles. The van der Waals surface area contributed by atoms with Gasteiger partial charge in [-0.1, -0.05) is 25.0 Å². The number of carboxylic acids is 1. The number of piperidine rings is 2. The third kappa shape index (κ3) is 11.8. The van der Waals surface area contributed by atoms with Crippen LogP contribution in [0, 0.1) is 19.3 Å². The fourth-order valence-electron chi connectivity index (χ4n) is 10.2. The smallest absolute Gasteiger partial charge is 0.434 e. The van der Waals surface area contributed by atoms with Gasteiger partial charge in [0.1, 0.15) is 5.41 Å². The molecule has 3 saturated heterocycles. The molecule has 6 aliphatic rings. The molecular formula is C45H53F12N5O7. The van der Waals surface area contributed by atoms with Gasteiger partial charge < -0.3 is 29.3 Å². The monoisotopic (exact) mass is 1000 g/mol. The molecule has 69 heavy (non-hydrogen) atoms. The van der Waals surface area contributed by atoms with E-state index in [1.807, 2.05) is 36.9 Å². The third-order valence-electron chi connectivity index (χ3n) is 14.4. The molecule has 8 rings (SSSR count). The van der Waals surface area contributed by atoms with Crippen molar-refractivity contribution in [2.45, 2.75) is 157 Å². The lowest BCUT2D eigenvalue weighted by molar-refractivity contribution is -0.309. The van der Waals surface area contributed by atoms with Crippen LogP contribution >= 0.6 is 0 Å². The van der Waals surface area contributed by atoms with E-state index in [-0.39, 0.29) is 50.3 Å². The lowest BCUT2D eigenvalue weighted by Crippen LogP contribution is -2.57. The number of nitrogens with zero attached hydrogens (tertiary/aromatic N) is 5. The van der Waals surface area contributed by atoms with Crippen LogP contribution in [0.15, 0.2) is 36.7 Å². The van der Waals surface area contributed by atoms with Gasteiger partial charge in [-0.2, -0.15) is 52.7 Å². The van der Waals surface area contributed by atoms with Crippen LogP contribution in [0.4, 0.5) is 62.3 Å². The van der Waals surface area contributed by atoms with Gasteiger partial charge in [0.25, 0.3) is 12.2 Å². The summed E-state index contributed by atoms with van der Waals surface area (Å²) in [5.74, 6) is -0.786. The van der Waals surface area contributed by atoms with Crippen molar-refractivity contribution in [3.63, 3.8) is 0 Å². The summed E-state index contributed by atoms with van der Waals surface area (Å²) in [7, 11) is 0. The first-order chi connectivity index (χ1) is 32.0. The van der Waals surface area contributed by atoms with E-state index < -0.39 is 71.4 Å². The highest BCUT2D eigenvalue weighted by molar-refractivity contribution is 5.92. The summed E-state index contributed by atoms with van der Waals surface area (Å²) in [5, 5.41) is 9.04. The standard InChI is InChI=1S/C22H25F6N3O3.C13H17F6NO2.C10H11NO2/c1-14-4-2-10-29-15(14)20(6-7-20)17(32)31-11-3-5-19(31)8-12-30(13-9-19)18(33)34-16(21(23,24)25)22(26,27)28;14-12(15,16)9(13(17,18)19)22-10(21)20-7-5-11(6-8-20)3-1-2-4-11;1-7-3-2-6-11-8(7)10(4-5-10)9(12)13/h2,4,10,16H,3,5-9,11-13H2,1H3;9H,1-8H2;2-3,6H,4-5H2,1H3,(H,12,13). The second-order valence-electron chi connectivity index (χ2n) is 19.0. The Kier molecular flexibility index (Phi) is 15.2. The van der Waals surface area contributed by atoms with Crippen molar-refractivity contribution in [3.8, 4) is 0 Å². The van der Waals surface area contributed by atoms with Gasteiger partial charge in [-0.05, 0) is 120 Å². The van der Waals surface area contributed by atoms with Gasteiger partial charge in [0.2, 0.25) is 5.91 Å². The van der Waals surface area contributed by atoms with Crippen LogP contribution in [0.3, 0.4) is 0 Å². The maximum Gasteiger partial charge on any atom is 0.434 e. The Morgan fingerprint density at radius 3 is 1.30 bits per heavy atom. The zero-order valence-corrected chi connectivity index (χ0v) is 37.7. The van der Waals surface area contributed by atoms with Gasteiger partial charge in [-0.25, -0.2) is 9.59 Å². The number of aliphatic carboxylic acids is 1. The van der Waals surface area contributed by atoms with Crippen LogP contribution in [-0.2, 0) is 29.9 Å². The SMILES string of the molecule is Cc1cccnc1C1(C(=O)N2CCCC23CCN(C(=O)OC(C(F)(F)F)C(F)(F)F)CC3)CC1.Cc1cccnc1C1(C(=O)O)CC1.O=C(OC(C(F)(F)F)C(F)(F)F)N1CCC2(CCCC2)CC1. The molecule has 1 N–H and O–H groups in total. The average molecular weight is 1000 g/mol. The molecule has 2 aromatic rings. The molecule has 384 valence electrons. The van der Waals surface area contributed by atoms with Crippen LogP contribution in [0.25, 0.3) is 0 Å². The molecule has 2 spiro atoms. The van der Waals surface area contributed by atoms with Crippen molar-refractivity contribution in [2.24, 2.45) is 5.41 Å². The summed E-state index contributed by atoms with van der Waals surface area (Å²) < 4.78 is 158. The molecule has 3 aliphatic carbocycles. The first-order valence-corrected chi connectivity index (χ1v) is 22.6. The number of pyridine rings is 2. The Hall–Kier alpha value is -5.06. The van der Waals surface area contributed by atoms with Crippen molar-refractivity contribution in [1.29, 1.82) is 0 Å². The number of rotatable bonds is 6. The zero-order chi connectivity index (χ0) is 51.0. The summed E-state index contributed by atoms with van der Waals surface area (Å²) in [6, 6.07) is 7.43. The quantitative estimate of drug-likeness (QED) is 0.280. The Balaban J connectivity index is 0.000000190. The van der Waals surface area contributed by atoms with E-state index in [9.17, 15) is 71.9 Å². The number of aromatic nitrogens is 2. The first-order valence-electron chi connectivity index (χ1n) is 22.6. The highest BCUT2D eigenvalue weighted by Gasteiger charge is 2.63. The highest BCUT2D eigenvalue weighted by atomic mass is 19.4. The van der Waals surface area contributed by atoms with Gasteiger partial charge >= 0.3 is 42.9 Å². The number of hydrogen-bond acceptors (Lipinski definition) is 8. The fourth-order valence-corrected chi connectivity index (χ4v) is 10.2. The van der Waals surface area contributed by atoms with Crippen LogP contribution in [0.2, 0.25) is 0 Å². The lowest BCUT2D eigenvalue weighted by atomic mass is 9.77. The number of amides is 3. The Morgan fingerprint density at radius 1 is 0.551 bits per heavy atom. The van der Waals surface area contributed by atoms with Crippen molar-refractivity contribution < 1.29 is 86.4 Å². The summed E-state index contributed by atoms with van der Waals surface area (Å²) in [6.45, 7) is 4.41. The minimum Gasteiger partial charge on any atom is -0.481 e. The molecule has 0 radical (unpaired) electrons. The molecule has 12 nitrogen and oxygen atoms in total. The minimum absolute atomic E-state index is 0.0444. The van der Waals surface area contributed by atoms with Gasteiger partial charge in [-0.3, -0.25) is 19.6 Å².